The zero-order valence-corrected chi connectivity index (χ0v) is 14.8. The van der Waals surface area contributed by atoms with Crippen molar-refractivity contribution in [3.63, 3.8) is 0 Å². The van der Waals surface area contributed by atoms with Crippen molar-refractivity contribution in [1.29, 1.82) is 0 Å². The summed E-state index contributed by atoms with van der Waals surface area (Å²) in [6.45, 7) is 1.22. The molecule has 1 aromatic carbocycles. The van der Waals surface area contributed by atoms with Gasteiger partial charge in [0.25, 0.3) is 5.56 Å². The van der Waals surface area contributed by atoms with Crippen molar-refractivity contribution in [3.8, 4) is 0 Å². The fourth-order valence-corrected chi connectivity index (χ4v) is 3.30. The second-order valence-corrected chi connectivity index (χ2v) is 6.57. The molecule has 4 rings (SSSR count). The van der Waals surface area contributed by atoms with Crippen molar-refractivity contribution in [3.05, 3.63) is 59.3 Å². The molecule has 8 heteroatoms. The van der Waals surface area contributed by atoms with Crippen LogP contribution in [0.2, 0.25) is 0 Å². The van der Waals surface area contributed by atoms with E-state index in [9.17, 15) is 9.59 Å². The average molecular weight is 364 g/mol. The van der Waals surface area contributed by atoms with Gasteiger partial charge in [0.15, 0.2) is 0 Å². The fraction of sp³-hybridized carbons (Fsp3) is 0.316. The first-order valence-corrected chi connectivity index (χ1v) is 8.97. The molecular formula is C19H20N6O2. The van der Waals surface area contributed by atoms with Gasteiger partial charge in [-0.05, 0) is 25.0 Å². The number of nitrogens with zero attached hydrogens (tertiary/aromatic N) is 5. The van der Waals surface area contributed by atoms with Gasteiger partial charge in [0, 0.05) is 36.9 Å². The molecule has 0 radical (unpaired) electrons. The van der Waals surface area contributed by atoms with Gasteiger partial charge in [0.05, 0.1) is 11.6 Å². The topological polar surface area (TPSA) is 93.0 Å². The molecule has 8 nitrogen and oxygen atoms in total. The molecular weight excluding hydrogens is 344 g/mol. The first-order chi connectivity index (χ1) is 13.2. The molecule has 1 aliphatic heterocycles. The molecule has 0 bridgehead atoms. The van der Waals surface area contributed by atoms with Crippen molar-refractivity contribution >= 4 is 22.6 Å². The van der Waals surface area contributed by atoms with Crippen LogP contribution in [0.1, 0.15) is 12.8 Å². The van der Waals surface area contributed by atoms with E-state index in [1.54, 1.807) is 35.6 Å². The largest absolute Gasteiger partial charge is 0.351 e. The van der Waals surface area contributed by atoms with Gasteiger partial charge in [0.2, 0.25) is 11.9 Å². The first kappa shape index (κ1) is 17.1. The second-order valence-electron chi connectivity index (χ2n) is 6.57. The lowest BCUT2D eigenvalue weighted by Gasteiger charge is -2.32. The predicted octanol–water partition coefficient (Wildman–Crippen LogP) is 1.29. The summed E-state index contributed by atoms with van der Waals surface area (Å²) in [7, 11) is 0. The highest BCUT2D eigenvalue weighted by Crippen LogP contribution is 2.14. The fourth-order valence-electron chi connectivity index (χ4n) is 3.30. The van der Waals surface area contributed by atoms with Crippen molar-refractivity contribution < 1.29 is 4.79 Å². The lowest BCUT2D eigenvalue weighted by Crippen LogP contribution is -2.44. The van der Waals surface area contributed by atoms with E-state index in [2.05, 4.69) is 20.4 Å². The monoisotopic (exact) mass is 364 g/mol. The number of hydrogen-bond donors (Lipinski definition) is 1. The van der Waals surface area contributed by atoms with Crippen LogP contribution in [-0.2, 0) is 11.3 Å². The molecule has 0 unspecified atom stereocenters. The van der Waals surface area contributed by atoms with Crippen LogP contribution in [0.3, 0.4) is 0 Å². The Labute approximate surface area is 155 Å². The van der Waals surface area contributed by atoms with Crippen LogP contribution in [0, 0.1) is 0 Å². The molecule has 1 fully saturated rings. The van der Waals surface area contributed by atoms with Crippen LogP contribution in [0.4, 0.5) is 5.95 Å². The number of hydrogen-bond acceptors (Lipinski definition) is 6. The smallest absolute Gasteiger partial charge is 0.275 e. The molecule has 1 aliphatic rings. The lowest BCUT2D eigenvalue weighted by molar-refractivity contribution is -0.133. The molecule has 1 amide bonds. The Hall–Kier alpha value is -3.29. The summed E-state index contributed by atoms with van der Waals surface area (Å²) in [4.78, 5) is 35.2. The van der Waals surface area contributed by atoms with E-state index in [-0.39, 0.29) is 24.1 Å². The van der Waals surface area contributed by atoms with Crippen molar-refractivity contribution in [1.82, 2.24) is 24.6 Å². The van der Waals surface area contributed by atoms with Crippen LogP contribution in [0.25, 0.3) is 10.8 Å². The maximum absolute atomic E-state index is 12.6. The van der Waals surface area contributed by atoms with Crippen LogP contribution < -0.4 is 10.9 Å². The number of amides is 1. The lowest BCUT2D eigenvalue weighted by atomic mass is 10.1. The van der Waals surface area contributed by atoms with Crippen molar-refractivity contribution in [2.45, 2.75) is 25.4 Å². The zero-order chi connectivity index (χ0) is 18.6. The maximum Gasteiger partial charge on any atom is 0.275 e. The number of carbonyl (C=O) groups is 1. The summed E-state index contributed by atoms with van der Waals surface area (Å²) in [6.07, 6.45) is 6.64. The van der Waals surface area contributed by atoms with E-state index in [1.165, 1.54) is 4.68 Å². The van der Waals surface area contributed by atoms with Crippen LogP contribution >= 0.6 is 0 Å². The Morgan fingerprint density at radius 3 is 2.63 bits per heavy atom. The number of anilines is 1. The van der Waals surface area contributed by atoms with E-state index in [4.69, 9.17) is 0 Å². The molecule has 0 saturated carbocycles. The van der Waals surface area contributed by atoms with Crippen LogP contribution in [0.5, 0.6) is 0 Å². The predicted molar refractivity (Wildman–Crippen MR) is 101 cm³/mol. The molecule has 138 valence electrons. The van der Waals surface area contributed by atoms with Gasteiger partial charge in [-0.3, -0.25) is 9.59 Å². The molecule has 0 aliphatic carbocycles. The first-order valence-electron chi connectivity index (χ1n) is 8.97. The number of likely N-dealkylation sites (tertiary alicyclic amines) is 1. The summed E-state index contributed by atoms with van der Waals surface area (Å²) in [5, 5.41) is 8.79. The minimum Gasteiger partial charge on any atom is -0.351 e. The second kappa shape index (κ2) is 7.53. The Morgan fingerprint density at radius 1 is 1.11 bits per heavy atom. The number of benzene rings is 1. The number of rotatable bonds is 4. The quantitative estimate of drug-likeness (QED) is 0.750. The Bertz CT molecular complexity index is 996. The molecule has 1 saturated heterocycles. The Kier molecular flexibility index (Phi) is 4.78. The average Bonchev–Trinajstić information content (AvgIpc) is 2.71. The summed E-state index contributed by atoms with van der Waals surface area (Å²) in [5.74, 6) is 0.517. The standard InChI is InChI=1S/C19H20N6O2/c26-17(13-25-18(27)16-5-2-1-4-14(16)12-22-25)24-10-6-15(7-11-24)23-19-20-8-3-9-21-19/h1-5,8-9,12,15H,6-7,10-11,13H2,(H,20,21,23). The Balaban J connectivity index is 1.37. The summed E-state index contributed by atoms with van der Waals surface area (Å²) < 4.78 is 1.24. The number of fused-ring (bicyclic) bond motifs is 1. The van der Waals surface area contributed by atoms with Crippen molar-refractivity contribution in [2.75, 3.05) is 18.4 Å². The summed E-state index contributed by atoms with van der Waals surface area (Å²) >= 11 is 0. The number of nitrogens with one attached hydrogen (secondary N) is 1. The third-order valence-corrected chi connectivity index (χ3v) is 4.79. The highest BCUT2D eigenvalue weighted by atomic mass is 16.2. The molecule has 0 atom stereocenters. The number of carbonyl (C=O) groups excluding carboxylic acids is 1. The molecule has 3 heterocycles. The van der Waals surface area contributed by atoms with E-state index in [1.807, 2.05) is 18.2 Å². The van der Waals surface area contributed by atoms with Crippen LogP contribution in [0.15, 0.2) is 53.7 Å². The SMILES string of the molecule is O=C(Cn1ncc2ccccc2c1=O)N1CCC(Nc2ncccn2)CC1. The van der Waals surface area contributed by atoms with Gasteiger partial charge in [-0.2, -0.15) is 5.10 Å². The van der Waals surface area contributed by atoms with E-state index in [0.717, 1.165) is 18.2 Å². The molecule has 1 N–H and O–H groups in total. The highest BCUT2D eigenvalue weighted by Gasteiger charge is 2.23. The highest BCUT2D eigenvalue weighted by molar-refractivity contribution is 5.81. The molecule has 27 heavy (non-hydrogen) atoms. The molecule has 2 aromatic heterocycles. The van der Waals surface area contributed by atoms with Gasteiger partial charge in [0.1, 0.15) is 6.54 Å². The van der Waals surface area contributed by atoms with Gasteiger partial charge in [-0.25, -0.2) is 14.6 Å². The van der Waals surface area contributed by atoms with Gasteiger partial charge in [-0.15, -0.1) is 0 Å². The third kappa shape index (κ3) is 3.79. The normalized spacial score (nSPS) is 15.0. The number of piperidine rings is 1. The van der Waals surface area contributed by atoms with Crippen LogP contribution in [-0.4, -0.2) is 49.7 Å². The van der Waals surface area contributed by atoms with Gasteiger partial charge in [-0.1, -0.05) is 18.2 Å². The van der Waals surface area contributed by atoms with E-state index in [0.29, 0.717) is 24.4 Å². The molecule has 3 aromatic rings. The van der Waals surface area contributed by atoms with E-state index >= 15 is 0 Å². The summed E-state index contributed by atoms with van der Waals surface area (Å²) in [6, 6.07) is 9.27. The summed E-state index contributed by atoms with van der Waals surface area (Å²) in [5.41, 5.74) is -0.237. The van der Waals surface area contributed by atoms with Crippen molar-refractivity contribution in [2.24, 2.45) is 0 Å². The third-order valence-electron chi connectivity index (χ3n) is 4.79. The van der Waals surface area contributed by atoms with E-state index < -0.39 is 0 Å². The van der Waals surface area contributed by atoms with Gasteiger partial charge < -0.3 is 10.2 Å². The maximum atomic E-state index is 12.6. The molecule has 0 spiro atoms. The number of aromatic nitrogens is 4. The van der Waals surface area contributed by atoms with Gasteiger partial charge >= 0.3 is 0 Å². The minimum absolute atomic E-state index is 0.0381. The zero-order valence-electron chi connectivity index (χ0n) is 14.8. The Morgan fingerprint density at radius 2 is 1.85 bits per heavy atom. The minimum atomic E-state index is -0.237.